The molecule has 1 aromatic heterocycles. The molecule has 0 radical (unpaired) electrons. The van der Waals surface area contributed by atoms with Crippen molar-refractivity contribution in [3.63, 3.8) is 0 Å². The lowest BCUT2D eigenvalue weighted by atomic mass is 10.0. The van der Waals surface area contributed by atoms with Crippen molar-refractivity contribution in [2.24, 2.45) is 0 Å². The average Bonchev–Trinajstić information content (AvgIpc) is 3.09. The predicted molar refractivity (Wildman–Crippen MR) is 88.4 cm³/mol. The van der Waals surface area contributed by atoms with Crippen LogP contribution in [0.1, 0.15) is 34.5 Å². The average molecular weight is 306 g/mol. The first-order valence-electron chi connectivity index (χ1n) is 7.46. The normalized spacial score (nSPS) is 11.9. The van der Waals surface area contributed by atoms with Crippen LogP contribution in [0.4, 0.5) is 0 Å². The summed E-state index contributed by atoms with van der Waals surface area (Å²) >= 11 is 0. The van der Waals surface area contributed by atoms with Crippen LogP contribution in [-0.4, -0.2) is 20.7 Å². The minimum atomic E-state index is -0.0918. The fraction of sp³-hybridized carbons (Fsp3) is 0.167. The summed E-state index contributed by atoms with van der Waals surface area (Å²) in [6.07, 6.45) is 3.10. The van der Waals surface area contributed by atoms with Gasteiger partial charge in [-0.25, -0.2) is 9.67 Å². The summed E-state index contributed by atoms with van der Waals surface area (Å²) in [5.74, 6) is -0.0918. The Hall–Kier alpha value is -2.95. The summed E-state index contributed by atoms with van der Waals surface area (Å²) in [5, 5.41) is 7.10. The van der Waals surface area contributed by atoms with E-state index in [1.165, 1.54) is 11.9 Å². The van der Waals surface area contributed by atoms with Crippen molar-refractivity contribution >= 4 is 5.91 Å². The highest BCUT2D eigenvalue weighted by molar-refractivity contribution is 5.94. The second-order valence-electron chi connectivity index (χ2n) is 5.44. The molecule has 1 amide bonds. The highest BCUT2D eigenvalue weighted by Gasteiger charge is 2.13. The molecule has 2 aromatic carbocycles. The van der Waals surface area contributed by atoms with Gasteiger partial charge in [0.05, 0.1) is 11.7 Å². The Kier molecular flexibility index (Phi) is 4.19. The number of carbonyl (C=O) groups is 1. The Balaban J connectivity index is 1.72. The Morgan fingerprint density at radius 3 is 2.52 bits per heavy atom. The van der Waals surface area contributed by atoms with E-state index in [-0.39, 0.29) is 11.9 Å². The first kappa shape index (κ1) is 15.0. The largest absolute Gasteiger partial charge is 0.346 e. The summed E-state index contributed by atoms with van der Waals surface area (Å²) in [6.45, 7) is 4.04. The molecular formula is C18H18N4O. The van der Waals surface area contributed by atoms with E-state index in [4.69, 9.17) is 0 Å². The maximum Gasteiger partial charge on any atom is 0.251 e. The van der Waals surface area contributed by atoms with Gasteiger partial charge < -0.3 is 5.32 Å². The van der Waals surface area contributed by atoms with E-state index >= 15 is 0 Å². The van der Waals surface area contributed by atoms with Crippen LogP contribution in [0.15, 0.2) is 61.2 Å². The van der Waals surface area contributed by atoms with Crippen molar-refractivity contribution in [1.82, 2.24) is 20.1 Å². The van der Waals surface area contributed by atoms with E-state index < -0.39 is 0 Å². The Morgan fingerprint density at radius 2 is 1.87 bits per heavy atom. The topological polar surface area (TPSA) is 59.8 Å². The van der Waals surface area contributed by atoms with Crippen LogP contribution < -0.4 is 5.32 Å². The van der Waals surface area contributed by atoms with Gasteiger partial charge in [0.15, 0.2) is 0 Å². The lowest BCUT2D eigenvalue weighted by Crippen LogP contribution is -2.27. The number of nitrogens with one attached hydrogen (secondary N) is 1. The summed E-state index contributed by atoms with van der Waals surface area (Å²) in [7, 11) is 0. The van der Waals surface area contributed by atoms with Gasteiger partial charge in [0.1, 0.15) is 12.7 Å². The monoisotopic (exact) mass is 306 g/mol. The summed E-state index contributed by atoms with van der Waals surface area (Å²) in [6, 6.07) is 15.3. The molecule has 0 aliphatic rings. The first-order chi connectivity index (χ1) is 11.1. The Bertz CT molecular complexity index is 794. The van der Waals surface area contributed by atoms with Crippen molar-refractivity contribution in [1.29, 1.82) is 0 Å². The molecule has 1 atom stereocenters. The van der Waals surface area contributed by atoms with Crippen molar-refractivity contribution in [2.75, 3.05) is 0 Å². The third-order valence-corrected chi connectivity index (χ3v) is 3.82. The molecule has 0 saturated heterocycles. The standard InChI is InChI=1S/C18H18N4O/c1-13-5-3-4-6-17(13)14(2)21-18(23)15-7-9-16(10-8-15)22-12-19-11-20-22/h3-12,14H,1-2H3,(H,21,23)/t14-/m1/s1. The number of rotatable bonds is 4. The van der Waals surface area contributed by atoms with Gasteiger partial charge in [0.25, 0.3) is 5.91 Å². The third-order valence-electron chi connectivity index (χ3n) is 3.82. The fourth-order valence-electron chi connectivity index (χ4n) is 2.54. The number of aromatic nitrogens is 3. The van der Waals surface area contributed by atoms with Crippen molar-refractivity contribution in [3.8, 4) is 5.69 Å². The van der Waals surface area contributed by atoms with Crippen LogP contribution in [0.2, 0.25) is 0 Å². The number of benzene rings is 2. The van der Waals surface area contributed by atoms with E-state index in [0.717, 1.165) is 11.3 Å². The quantitative estimate of drug-likeness (QED) is 0.806. The number of nitrogens with zero attached hydrogens (tertiary/aromatic N) is 3. The maximum absolute atomic E-state index is 12.4. The summed E-state index contributed by atoms with van der Waals surface area (Å²) in [4.78, 5) is 16.3. The number of amides is 1. The zero-order valence-corrected chi connectivity index (χ0v) is 13.1. The minimum absolute atomic E-state index is 0.0429. The molecule has 3 aromatic rings. The van der Waals surface area contributed by atoms with Crippen LogP contribution in [-0.2, 0) is 0 Å². The van der Waals surface area contributed by atoms with Crippen LogP contribution in [0, 0.1) is 6.92 Å². The van der Waals surface area contributed by atoms with Gasteiger partial charge in [-0.2, -0.15) is 5.10 Å². The summed E-state index contributed by atoms with van der Waals surface area (Å²) < 4.78 is 1.65. The molecule has 3 rings (SSSR count). The van der Waals surface area contributed by atoms with Gasteiger partial charge in [-0.1, -0.05) is 24.3 Å². The Labute approximate surface area is 135 Å². The first-order valence-corrected chi connectivity index (χ1v) is 7.46. The fourth-order valence-corrected chi connectivity index (χ4v) is 2.54. The SMILES string of the molecule is Cc1ccccc1[C@@H](C)NC(=O)c1ccc(-n2cncn2)cc1. The van der Waals surface area contributed by atoms with Gasteiger partial charge in [0, 0.05) is 5.56 Å². The molecular weight excluding hydrogens is 288 g/mol. The smallest absolute Gasteiger partial charge is 0.251 e. The maximum atomic E-state index is 12.4. The molecule has 0 aliphatic carbocycles. The molecule has 1 heterocycles. The van der Waals surface area contributed by atoms with Crippen molar-refractivity contribution in [2.45, 2.75) is 19.9 Å². The van der Waals surface area contributed by atoms with E-state index in [2.05, 4.69) is 15.4 Å². The molecule has 0 fully saturated rings. The van der Waals surface area contributed by atoms with Crippen molar-refractivity contribution < 1.29 is 4.79 Å². The van der Waals surface area contributed by atoms with Crippen LogP contribution >= 0.6 is 0 Å². The van der Waals surface area contributed by atoms with Gasteiger partial charge in [0.2, 0.25) is 0 Å². The Morgan fingerprint density at radius 1 is 1.13 bits per heavy atom. The number of carbonyl (C=O) groups excluding carboxylic acids is 1. The van der Waals surface area contributed by atoms with Crippen molar-refractivity contribution in [3.05, 3.63) is 77.9 Å². The lowest BCUT2D eigenvalue weighted by Gasteiger charge is -2.16. The molecule has 0 spiro atoms. The highest BCUT2D eigenvalue weighted by atomic mass is 16.1. The van der Waals surface area contributed by atoms with E-state index in [9.17, 15) is 4.79 Å². The second kappa shape index (κ2) is 6.44. The molecule has 23 heavy (non-hydrogen) atoms. The highest BCUT2D eigenvalue weighted by Crippen LogP contribution is 2.17. The van der Waals surface area contributed by atoms with Gasteiger partial charge in [-0.15, -0.1) is 0 Å². The van der Waals surface area contributed by atoms with Crippen LogP contribution in [0.3, 0.4) is 0 Å². The number of aryl methyl sites for hydroxylation is 1. The van der Waals surface area contributed by atoms with Gasteiger partial charge in [-0.3, -0.25) is 4.79 Å². The molecule has 1 N–H and O–H groups in total. The molecule has 116 valence electrons. The molecule has 0 bridgehead atoms. The van der Waals surface area contributed by atoms with Gasteiger partial charge in [-0.05, 0) is 49.2 Å². The molecule has 0 unspecified atom stereocenters. The van der Waals surface area contributed by atoms with E-state index in [1.54, 1.807) is 23.1 Å². The molecule has 5 nitrogen and oxygen atoms in total. The predicted octanol–water partition coefficient (Wildman–Crippen LogP) is 3.07. The molecule has 5 heteroatoms. The lowest BCUT2D eigenvalue weighted by molar-refractivity contribution is 0.0940. The third kappa shape index (κ3) is 3.29. The zero-order valence-electron chi connectivity index (χ0n) is 13.1. The number of hydrogen-bond acceptors (Lipinski definition) is 3. The molecule has 0 saturated carbocycles. The zero-order chi connectivity index (χ0) is 16.2. The summed E-state index contributed by atoms with van der Waals surface area (Å²) in [5.41, 5.74) is 3.78. The van der Waals surface area contributed by atoms with Crippen LogP contribution in [0.25, 0.3) is 5.69 Å². The van der Waals surface area contributed by atoms with E-state index in [0.29, 0.717) is 5.56 Å². The number of hydrogen-bond donors (Lipinski definition) is 1. The molecule has 0 aliphatic heterocycles. The minimum Gasteiger partial charge on any atom is -0.346 e. The van der Waals surface area contributed by atoms with E-state index in [1.807, 2.05) is 50.2 Å². The van der Waals surface area contributed by atoms with Gasteiger partial charge >= 0.3 is 0 Å². The second-order valence-corrected chi connectivity index (χ2v) is 5.44. The van der Waals surface area contributed by atoms with Crippen LogP contribution in [0.5, 0.6) is 0 Å².